The summed E-state index contributed by atoms with van der Waals surface area (Å²) in [6.45, 7) is 8.53. The Morgan fingerprint density at radius 2 is 2.05 bits per heavy atom. The predicted molar refractivity (Wildman–Crippen MR) is 84.1 cm³/mol. The fourth-order valence-corrected chi connectivity index (χ4v) is 2.59. The molecule has 2 aliphatic heterocycles. The number of amides is 2. The van der Waals surface area contributed by atoms with Crippen LogP contribution in [0.25, 0.3) is 0 Å². The number of nitrogens with one attached hydrogen (secondary N) is 2. The third kappa shape index (κ3) is 5.27. The number of carbonyl (C=O) groups excluding carboxylic acids is 2. The van der Waals surface area contributed by atoms with Gasteiger partial charge in [-0.05, 0) is 26.3 Å². The Morgan fingerprint density at radius 1 is 1.32 bits per heavy atom. The van der Waals surface area contributed by atoms with Gasteiger partial charge in [-0.15, -0.1) is 0 Å². The van der Waals surface area contributed by atoms with Crippen molar-refractivity contribution in [2.45, 2.75) is 32.7 Å². The molecule has 2 rings (SSSR count). The van der Waals surface area contributed by atoms with Gasteiger partial charge < -0.3 is 10.1 Å². The maximum Gasteiger partial charge on any atom is 0.249 e. The van der Waals surface area contributed by atoms with Gasteiger partial charge in [0.1, 0.15) is 6.04 Å². The molecule has 0 aliphatic carbocycles. The zero-order valence-electron chi connectivity index (χ0n) is 13.4. The second kappa shape index (κ2) is 8.10. The van der Waals surface area contributed by atoms with Crippen molar-refractivity contribution in [2.24, 2.45) is 0 Å². The molecule has 2 amide bonds. The van der Waals surface area contributed by atoms with E-state index < -0.39 is 0 Å². The molecule has 122 valence electrons. The minimum absolute atomic E-state index is 0.189. The number of hydrogen-bond donors (Lipinski definition) is 2. The highest BCUT2D eigenvalue weighted by Crippen LogP contribution is 2.07. The quantitative estimate of drug-likeness (QED) is 0.574. The molecule has 0 saturated carbocycles. The van der Waals surface area contributed by atoms with Crippen LogP contribution in [-0.2, 0) is 14.3 Å². The lowest BCUT2D eigenvalue weighted by Crippen LogP contribution is -2.50. The Balaban J connectivity index is 1.81. The molecular formula is C16H25N3O3. The Labute approximate surface area is 131 Å². The smallest absolute Gasteiger partial charge is 0.249 e. The van der Waals surface area contributed by atoms with Crippen LogP contribution in [0.5, 0.6) is 0 Å². The van der Waals surface area contributed by atoms with E-state index in [0.717, 1.165) is 38.5 Å². The highest BCUT2D eigenvalue weighted by molar-refractivity contribution is 6.00. The van der Waals surface area contributed by atoms with E-state index in [1.807, 2.05) is 13.0 Å². The van der Waals surface area contributed by atoms with Crippen molar-refractivity contribution in [3.63, 3.8) is 0 Å². The number of imide groups is 1. The summed E-state index contributed by atoms with van der Waals surface area (Å²) in [5, 5.41) is 5.52. The van der Waals surface area contributed by atoms with Crippen molar-refractivity contribution in [3.05, 3.63) is 23.4 Å². The second-order valence-electron chi connectivity index (χ2n) is 5.90. The fourth-order valence-electron chi connectivity index (χ4n) is 2.59. The van der Waals surface area contributed by atoms with Crippen molar-refractivity contribution >= 4 is 11.8 Å². The maximum absolute atomic E-state index is 11.7. The molecule has 2 saturated heterocycles. The van der Waals surface area contributed by atoms with E-state index in [9.17, 15) is 9.59 Å². The normalized spacial score (nSPS) is 25.1. The number of allylic oxidation sites excluding steroid dienone is 3. The first-order valence-electron chi connectivity index (χ1n) is 7.79. The molecule has 1 unspecified atom stereocenters. The minimum atomic E-state index is -0.318. The molecule has 6 heteroatoms. The van der Waals surface area contributed by atoms with Gasteiger partial charge in [-0.1, -0.05) is 11.6 Å². The molecule has 22 heavy (non-hydrogen) atoms. The Morgan fingerprint density at radius 3 is 2.73 bits per heavy atom. The van der Waals surface area contributed by atoms with Gasteiger partial charge in [0.15, 0.2) is 0 Å². The van der Waals surface area contributed by atoms with E-state index in [1.54, 1.807) is 0 Å². The van der Waals surface area contributed by atoms with Crippen molar-refractivity contribution in [1.82, 2.24) is 15.5 Å². The minimum Gasteiger partial charge on any atom is -0.379 e. The Bertz CT molecular complexity index is 479. The van der Waals surface area contributed by atoms with Crippen molar-refractivity contribution in [2.75, 3.05) is 32.8 Å². The lowest BCUT2D eigenvalue weighted by atomic mass is 10.1. The fraction of sp³-hybridized carbons (Fsp3) is 0.625. The highest BCUT2D eigenvalue weighted by Gasteiger charge is 2.25. The summed E-state index contributed by atoms with van der Waals surface area (Å²) in [4.78, 5) is 25.2. The molecule has 1 atom stereocenters. The van der Waals surface area contributed by atoms with E-state index in [2.05, 4.69) is 28.5 Å². The number of carbonyl (C=O) groups is 2. The number of rotatable bonds is 5. The summed E-state index contributed by atoms with van der Waals surface area (Å²) in [6, 6.07) is -0.318. The molecular weight excluding hydrogens is 282 g/mol. The van der Waals surface area contributed by atoms with E-state index in [4.69, 9.17) is 4.74 Å². The van der Waals surface area contributed by atoms with Gasteiger partial charge in [0.25, 0.3) is 0 Å². The van der Waals surface area contributed by atoms with E-state index in [1.165, 1.54) is 5.57 Å². The summed E-state index contributed by atoms with van der Waals surface area (Å²) in [7, 11) is 0. The summed E-state index contributed by atoms with van der Waals surface area (Å²) in [5.74, 6) is -0.427. The molecule has 0 aromatic heterocycles. The lowest BCUT2D eigenvalue weighted by molar-refractivity contribution is -0.134. The highest BCUT2D eigenvalue weighted by atomic mass is 16.5. The number of ether oxygens (including phenoxy) is 1. The van der Waals surface area contributed by atoms with Crippen LogP contribution in [-0.4, -0.2) is 55.6 Å². The average Bonchev–Trinajstić information content (AvgIpc) is 2.49. The number of morpholine rings is 1. The van der Waals surface area contributed by atoms with Crippen LogP contribution < -0.4 is 10.6 Å². The SMILES string of the molecule is C/C(=C\C=C(/C)NC1CCC(=O)NC1=O)CN1CCOCC1. The first-order valence-corrected chi connectivity index (χ1v) is 7.79. The third-order valence-electron chi connectivity index (χ3n) is 3.84. The van der Waals surface area contributed by atoms with Crippen molar-refractivity contribution in [3.8, 4) is 0 Å². The molecule has 0 aromatic carbocycles. The monoisotopic (exact) mass is 307 g/mol. The maximum atomic E-state index is 11.7. The third-order valence-corrected chi connectivity index (χ3v) is 3.84. The lowest BCUT2D eigenvalue weighted by Gasteiger charge is -2.26. The number of piperidine rings is 1. The summed E-state index contributed by atoms with van der Waals surface area (Å²) in [6.07, 6.45) is 5.00. The van der Waals surface area contributed by atoms with Crippen LogP contribution in [0.4, 0.5) is 0 Å². The first-order chi connectivity index (χ1) is 10.5. The summed E-state index contributed by atoms with van der Waals surface area (Å²) >= 11 is 0. The Kier molecular flexibility index (Phi) is 6.15. The van der Waals surface area contributed by atoms with Crippen LogP contribution in [0.1, 0.15) is 26.7 Å². The van der Waals surface area contributed by atoms with Gasteiger partial charge in [-0.25, -0.2) is 0 Å². The molecule has 2 N–H and O–H groups in total. The Hall–Kier alpha value is -1.66. The standard InChI is InChI=1S/C16H25N3O3/c1-12(11-19-7-9-22-10-8-19)3-4-13(2)17-14-5-6-15(20)18-16(14)21/h3-4,14,17H,5-11H2,1-2H3,(H,18,20,21)/b12-3+,13-4+. The van der Waals surface area contributed by atoms with Gasteiger partial charge >= 0.3 is 0 Å². The van der Waals surface area contributed by atoms with Gasteiger partial charge in [-0.3, -0.25) is 19.8 Å². The molecule has 2 fully saturated rings. The zero-order chi connectivity index (χ0) is 15.9. The van der Waals surface area contributed by atoms with Crippen molar-refractivity contribution in [1.29, 1.82) is 0 Å². The summed E-state index contributed by atoms with van der Waals surface area (Å²) in [5.41, 5.74) is 2.20. The zero-order valence-corrected chi connectivity index (χ0v) is 13.4. The van der Waals surface area contributed by atoms with Crippen LogP contribution in [0.3, 0.4) is 0 Å². The van der Waals surface area contributed by atoms with Crippen molar-refractivity contribution < 1.29 is 14.3 Å². The predicted octanol–water partition coefficient (Wildman–Crippen LogP) is 0.564. The molecule has 6 nitrogen and oxygen atoms in total. The van der Waals surface area contributed by atoms with E-state index >= 15 is 0 Å². The second-order valence-corrected chi connectivity index (χ2v) is 5.90. The molecule has 0 bridgehead atoms. The largest absolute Gasteiger partial charge is 0.379 e. The summed E-state index contributed by atoms with van der Waals surface area (Å²) < 4.78 is 5.34. The van der Waals surface area contributed by atoms with Gasteiger partial charge in [0.2, 0.25) is 11.8 Å². The number of hydrogen-bond acceptors (Lipinski definition) is 5. The number of nitrogens with zero attached hydrogens (tertiary/aromatic N) is 1. The van der Waals surface area contributed by atoms with Gasteiger partial charge in [-0.2, -0.15) is 0 Å². The molecule has 0 radical (unpaired) electrons. The van der Waals surface area contributed by atoms with Crippen LogP contribution in [0, 0.1) is 0 Å². The van der Waals surface area contributed by atoms with Crippen LogP contribution in [0.2, 0.25) is 0 Å². The molecule has 0 spiro atoms. The topological polar surface area (TPSA) is 70.7 Å². The van der Waals surface area contributed by atoms with E-state index in [0.29, 0.717) is 12.8 Å². The van der Waals surface area contributed by atoms with Gasteiger partial charge in [0, 0.05) is 31.8 Å². The van der Waals surface area contributed by atoms with E-state index in [-0.39, 0.29) is 17.9 Å². The average molecular weight is 307 g/mol. The van der Waals surface area contributed by atoms with Crippen LogP contribution >= 0.6 is 0 Å². The van der Waals surface area contributed by atoms with Gasteiger partial charge in [0.05, 0.1) is 13.2 Å². The molecule has 2 heterocycles. The molecule has 2 aliphatic rings. The first kappa shape index (κ1) is 16.7. The molecule has 0 aromatic rings. The van der Waals surface area contributed by atoms with Crippen LogP contribution in [0.15, 0.2) is 23.4 Å².